The molecule has 1 N–H and O–H groups in total. The van der Waals surface area contributed by atoms with Crippen LogP contribution in [-0.2, 0) is 0 Å². The highest BCUT2D eigenvalue weighted by Crippen LogP contribution is 2.20. The van der Waals surface area contributed by atoms with E-state index in [0.717, 1.165) is 6.54 Å². The van der Waals surface area contributed by atoms with Gasteiger partial charge in [-0.25, -0.2) is 0 Å². The molecule has 0 aliphatic rings. The monoisotopic (exact) mass is 220 g/mol. The Bertz CT molecular complexity index is 305. The van der Waals surface area contributed by atoms with Crippen molar-refractivity contribution in [3.63, 3.8) is 0 Å². The Hall–Kier alpha value is -0.860. The third kappa shape index (κ3) is 3.06. The van der Waals surface area contributed by atoms with E-state index >= 15 is 0 Å². The zero-order valence-electron chi connectivity index (χ0n) is 11.1. The first-order valence-corrected chi connectivity index (χ1v) is 6.04. The molecule has 16 heavy (non-hydrogen) atoms. The second-order valence-electron chi connectivity index (χ2n) is 4.49. The molecule has 0 spiro atoms. The van der Waals surface area contributed by atoms with Crippen molar-refractivity contribution in [2.24, 2.45) is 0 Å². The molecule has 0 saturated carbocycles. The van der Waals surface area contributed by atoms with Gasteiger partial charge < -0.3 is 10.2 Å². The molecule has 0 saturated heterocycles. The summed E-state index contributed by atoms with van der Waals surface area (Å²) >= 11 is 0. The minimum atomic E-state index is 0.394. The molecule has 0 aromatic heterocycles. The van der Waals surface area contributed by atoms with Crippen molar-refractivity contribution in [1.82, 2.24) is 10.2 Å². The summed E-state index contributed by atoms with van der Waals surface area (Å²) < 4.78 is 0. The lowest BCUT2D eigenvalue weighted by atomic mass is 9.98. The standard InChI is InChI=1S/C14H24N2/c1-6-16(5)12(3)14(15-4)13-9-7-11(2)8-10-13/h7-10,12,14-15H,6H2,1-5H3. The number of nitrogens with zero attached hydrogens (tertiary/aromatic N) is 1. The molecule has 0 aliphatic heterocycles. The van der Waals surface area contributed by atoms with Gasteiger partial charge in [-0.3, -0.25) is 0 Å². The van der Waals surface area contributed by atoms with Gasteiger partial charge in [0.15, 0.2) is 0 Å². The minimum Gasteiger partial charge on any atom is -0.312 e. The molecular formula is C14H24N2. The van der Waals surface area contributed by atoms with Crippen molar-refractivity contribution in [3.05, 3.63) is 35.4 Å². The van der Waals surface area contributed by atoms with Gasteiger partial charge in [0.1, 0.15) is 0 Å². The quantitative estimate of drug-likeness (QED) is 0.820. The van der Waals surface area contributed by atoms with Crippen LogP contribution in [0.15, 0.2) is 24.3 Å². The molecule has 2 nitrogen and oxygen atoms in total. The molecule has 0 bridgehead atoms. The van der Waals surface area contributed by atoms with Gasteiger partial charge >= 0.3 is 0 Å². The molecule has 0 aliphatic carbocycles. The summed E-state index contributed by atoms with van der Waals surface area (Å²) in [4.78, 5) is 2.36. The first kappa shape index (κ1) is 13.2. The zero-order valence-corrected chi connectivity index (χ0v) is 11.1. The number of aryl methyl sites for hydroxylation is 1. The topological polar surface area (TPSA) is 15.3 Å². The number of hydrogen-bond acceptors (Lipinski definition) is 2. The summed E-state index contributed by atoms with van der Waals surface area (Å²) in [6.45, 7) is 7.66. The van der Waals surface area contributed by atoms with E-state index in [9.17, 15) is 0 Å². The van der Waals surface area contributed by atoms with E-state index in [1.807, 2.05) is 7.05 Å². The molecule has 1 rings (SSSR count). The predicted octanol–water partition coefficient (Wildman–Crippen LogP) is 2.60. The normalized spacial score (nSPS) is 15.1. The summed E-state index contributed by atoms with van der Waals surface area (Å²) in [7, 11) is 4.20. The average Bonchev–Trinajstić information content (AvgIpc) is 2.31. The van der Waals surface area contributed by atoms with Gasteiger partial charge in [-0.05, 0) is 40.1 Å². The second kappa shape index (κ2) is 6.02. The van der Waals surface area contributed by atoms with Crippen LogP contribution in [0, 0.1) is 6.92 Å². The fraction of sp³-hybridized carbons (Fsp3) is 0.571. The smallest absolute Gasteiger partial charge is 0.0472 e. The number of likely N-dealkylation sites (N-methyl/N-ethyl adjacent to an activating group) is 2. The lowest BCUT2D eigenvalue weighted by Crippen LogP contribution is -2.39. The molecule has 0 radical (unpaired) electrons. The Morgan fingerprint density at radius 2 is 1.81 bits per heavy atom. The molecule has 2 heteroatoms. The highest BCUT2D eigenvalue weighted by atomic mass is 15.1. The van der Waals surface area contributed by atoms with Crippen molar-refractivity contribution in [2.75, 3.05) is 20.6 Å². The Morgan fingerprint density at radius 1 is 1.25 bits per heavy atom. The van der Waals surface area contributed by atoms with Crippen LogP contribution in [0.4, 0.5) is 0 Å². The average molecular weight is 220 g/mol. The first-order valence-electron chi connectivity index (χ1n) is 6.04. The molecule has 90 valence electrons. The van der Waals surface area contributed by atoms with Gasteiger partial charge in [0.2, 0.25) is 0 Å². The highest BCUT2D eigenvalue weighted by Gasteiger charge is 2.19. The van der Waals surface area contributed by atoms with Crippen LogP contribution in [0.2, 0.25) is 0 Å². The lowest BCUT2D eigenvalue weighted by Gasteiger charge is -2.31. The summed E-state index contributed by atoms with van der Waals surface area (Å²) in [5.74, 6) is 0. The van der Waals surface area contributed by atoms with Gasteiger partial charge in [0.25, 0.3) is 0 Å². The van der Waals surface area contributed by atoms with Crippen LogP contribution in [0.5, 0.6) is 0 Å². The first-order chi connectivity index (χ1) is 7.60. The summed E-state index contributed by atoms with van der Waals surface area (Å²) in [5.41, 5.74) is 2.68. The Kier molecular flexibility index (Phi) is 4.97. The van der Waals surface area contributed by atoms with Crippen LogP contribution in [0.1, 0.15) is 31.0 Å². The Morgan fingerprint density at radius 3 is 2.25 bits per heavy atom. The van der Waals surface area contributed by atoms with Gasteiger partial charge in [0.05, 0.1) is 0 Å². The number of benzene rings is 1. The number of rotatable bonds is 5. The van der Waals surface area contributed by atoms with Crippen molar-refractivity contribution < 1.29 is 0 Å². The zero-order chi connectivity index (χ0) is 12.1. The highest BCUT2D eigenvalue weighted by molar-refractivity contribution is 5.25. The molecule has 2 atom stereocenters. The predicted molar refractivity (Wildman–Crippen MR) is 70.7 cm³/mol. The third-order valence-corrected chi connectivity index (χ3v) is 3.42. The SMILES string of the molecule is CCN(C)C(C)C(NC)c1ccc(C)cc1. The maximum Gasteiger partial charge on any atom is 0.0472 e. The molecule has 0 amide bonds. The van der Waals surface area contributed by atoms with Crippen molar-refractivity contribution in [1.29, 1.82) is 0 Å². The summed E-state index contributed by atoms with van der Waals surface area (Å²) in [6.07, 6.45) is 0. The van der Waals surface area contributed by atoms with Gasteiger partial charge in [-0.15, -0.1) is 0 Å². The molecule has 1 aromatic carbocycles. The molecular weight excluding hydrogens is 196 g/mol. The lowest BCUT2D eigenvalue weighted by molar-refractivity contribution is 0.222. The number of hydrogen-bond donors (Lipinski definition) is 1. The van der Waals surface area contributed by atoms with E-state index in [-0.39, 0.29) is 0 Å². The van der Waals surface area contributed by atoms with E-state index in [0.29, 0.717) is 12.1 Å². The minimum absolute atomic E-state index is 0.394. The van der Waals surface area contributed by atoms with Gasteiger partial charge in [0, 0.05) is 12.1 Å². The largest absolute Gasteiger partial charge is 0.312 e. The van der Waals surface area contributed by atoms with Crippen molar-refractivity contribution >= 4 is 0 Å². The van der Waals surface area contributed by atoms with Crippen molar-refractivity contribution in [3.8, 4) is 0 Å². The van der Waals surface area contributed by atoms with E-state index in [4.69, 9.17) is 0 Å². The fourth-order valence-corrected chi connectivity index (χ4v) is 2.00. The van der Waals surface area contributed by atoms with Gasteiger partial charge in [-0.1, -0.05) is 36.8 Å². The molecule has 2 unspecified atom stereocenters. The van der Waals surface area contributed by atoms with Crippen LogP contribution in [0.3, 0.4) is 0 Å². The Labute approximate surface area is 99.7 Å². The summed E-state index contributed by atoms with van der Waals surface area (Å²) in [6, 6.07) is 9.69. The van der Waals surface area contributed by atoms with Crippen LogP contribution in [-0.4, -0.2) is 31.6 Å². The molecule has 0 heterocycles. The Balaban J connectivity index is 2.85. The molecule has 0 fully saturated rings. The van der Waals surface area contributed by atoms with E-state index < -0.39 is 0 Å². The van der Waals surface area contributed by atoms with E-state index in [1.54, 1.807) is 0 Å². The fourth-order valence-electron chi connectivity index (χ4n) is 2.00. The van der Waals surface area contributed by atoms with Gasteiger partial charge in [-0.2, -0.15) is 0 Å². The second-order valence-corrected chi connectivity index (χ2v) is 4.49. The van der Waals surface area contributed by atoms with Crippen molar-refractivity contribution in [2.45, 2.75) is 32.9 Å². The number of nitrogens with one attached hydrogen (secondary N) is 1. The van der Waals surface area contributed by atoms with Crippen LogP contribution < -0.4 is 5.32 Å². The van der Waals surface area contributed by atoms with E-state index in [2.05, 4.69) is 62.3 Å². The molecule has 1 aromatic rings. The van der Waals surface area contributed by atoms with Crippen LogP contribution >= 0.6 is 0 Å². The summed E-state index contributed by atoms with van der Waals surface area (Å²) in [5, 5.41) is 3.41. The third-order valence-electron chi connectivity index (χ3n) is 3.42. The van der Waals surface area contributed by atoms with Crippen LogP contribution in [0.25, 0.3) is 0 Å². The maximum absolute atomic E-state index is 3.41. The maximum atomic E-state index is 3.41. The van der Waals surface area contributed by atoms with E-state index in [1.165, 1.54) is 11.1 Å².